The Bertz CT molecular complexity index is 340. The minimum absolute atomic E-state index is 0.131. The highest BCUT2D eigenvalue weighted by atomic mass is 16.4. The molecule has 2 atom stereocenters. The van der Waals surface area contributed by atoms with Crippen LogP contribution >= 0.6 is 0 Å². The van der Waals surface area contributed by atoms with Crippen molar-refractivity contribution in [3.8, 4) is 0 Å². The summed E-state index contributed by atoms with van der Waals surface area (Å²) in [7, 11) is 0. The predicted molar refractivity (Wildman–Crippen MR) is 68.8 cm³/mol. The fourth-order valence-electron chi connectivity index (χ4n) is 2.88. The third-order valence-corrected chi connectivity index (χ3v) is 3.94. The molecule has 19 heavy (non-hydrogen) atoms. The Hall–Kier alpha value is -1.30. The summed E-state index contributed by atoms with van der Waals surface area (Å²) >= 11 is 0. The van der Waals surface area contributed by atoms with Gasteiger partial charge in [0, 0.05) is 26.1 Å². The smallest absolute Gasteiger partial charge is 0.326 e. The quantitative estimate of drug-likeness (QED) is 0.741. The van der Waals surface area contributed by atoms with Gasteiger partial charge >= 0.3 is 12.0 Å². The summed E-state index contributed by atoms with van der Waals surface area (Å²) in [6.07, 6.45) is 4.81. The van der Waals surface area contributed by atoms with Crippen LogP contribution < -0.4 is 0 Å². The van der Waals surface area contributed by atoms with Crippen molar-refractivity contribution in [2.75, 3.05) is 19.6 Å². The van der Waals surface area contributed by atoms with Crippen LogP contribution in [0.4, 0.5) is 4.79 Å². The van der Waals surface area contributed by atoms with Crippen molar-refractivity contribution < 1.29 is 19.8 Å². The second-order valence-corrected chi connectivity index (χ2v) is 5.43. The van der Waals surface area contributed by atoms with E-state index in [0.717, 1.165) is 25.7 Å². The van der Waals surface area contributed by atoms with Crippen molar-refractivity contribution in [1.82, 2.24) is 9.80 Å². The van der Waals surface area contributed by atoms with Crippen molar-refractivity contribution in [2.45, 2.75) is 50.7 Å². The van der Waals surface area contributed by atoms with Gasteiger partial charge in [0.05, 0.1) is 6.10 Å². The second-order valence-electron chi connectivity index (χ2n) is 5.43. The number of urea groups is 1. The van der Waals surface area contributed by atoms with Crippen LogP contribution in [0.1, 0.15) is 38.5 Å². The Labute approximate surface area is 113 Å². The molecular weight excluding hydrogens is 248 g/mol. The molecule has 2 saturated heterocycles. The monoisotopic (exact) mass is 270 g/mol. The van der Waals surface area contributed by atoms with Crippen molar-refractivity contribution >= 4 is 12.0 Å². The number of carboxylic acid groups (broad SMARTS) is 1. The zero-order valence-electron chi connectivity index (χ0n) is 11.1. The fourth-order valence-corrected chi connectivity index (χ4v) is 2.88. The van der Waals surface area contributed by atoms with Crippen LogP contribution in [-0.2, 0) is 4.79 Å². The lowest BCUT2D eigenvalue weighted by atomic mass is 10.1. The summed E-state index contributed by atoms with van der Waals surface area (Å²) in [6.45, 7) is 1.52. The number of amides is 2. The molecule has 2 fully saturated rings. The van der Waals surface area contributed by atoms with Crippen LogP contribution in [0.2, 0.25) is 0 Å². The zero-order valence-corrected chi connectivity index (χ0v) is 11.1. The van der Waals surface area contributed by atoms with Gasteiger partial charge in [0.1, 0.15) is 6.04 Å². The van der Waals surface area contributed by atoms with Gasteiger partial charge in [0.25, 0.3) is 0 Å². The molecule has 2 rings (SSSR count). The maximum absolute atomic E-state index is 12.4. The van der Waals surface area contributed by atoms with E-state index in [2.05, 4.69) is 0 Å². The van der Waals surface area contributed by atoms with Gasteiger partial charge in [-0.15, -0.1) is 0 Å². The topological polar surface area (TPSA) is 81.1 Å². The van der Waals surface area contributed by atoms with Crippen LogP contribution in [-0.4, -0.2) is 63.8 Å². The van der Waals surface area contributed by atoms with E-state index in [4.69, 9.17) is 5.11 Å². The molecule has 2 aliphatic rings. The van der Waals surface area contributed by atoms with E-state index in [-0.39, 0.29) is 19.0 Å². The minimum atomic E-state index is -1.03. The van der Waals surface area contributed by atoms with Crippen LogP contribution in [0.3, 0.4) is 0 Å². The molecule has 2 unspecified atom stereocenters. The largest absolute Gasteiger partial charge is 0.480 e. The summed E-state index contributed by atoms with van der Waals surface area (Å²) in [4.78, 5) is 26.6. The average molecular weight is 270 g/mol. The lowest BCUT2D eigenvalue weighted by molar-refractivity contribution is -0.141. The summed E-state index contributed by atoms with van der Waals surface area (Å²) in [6, 6.07) is -1.11. The molecule has 2 N–H and O–H groups in total. The summed E-state index contributed by atoms with van der Waals surface area (Å²) in [5, 5.41) is 18.7. The Kier molecular flexibility index (Phi) is 4.63. The van der Waals surface area contributed by atoms with E-state index in [1.54, 1.807) is 4.90 Å². The van der Waals surface area contributed by atoms with E-state index in [0.29, 0.717) is 13.1 Å². The van der Waals surface area contributed by atoms with Crippen LogP contribution in [0.25, 0.3) is 0 Å². The third-order valence-electron chi connectivity index (χ3n) is 3.94. The maximum Gasteiger partial charge on any atom is 0.326 e. The maximum atomic E-state index is 12.4. The van der Waals surface area contributed by atoms with Crippen molar-refractivity contribution in [3.63, 3.8) is 0 Å². The first-order chi connectivity index (χ1) is 9.09. The van der Waals surface area contributed by atoms with E-state index in [1.165, 1.54) is 11.3 Å². The molecule has 0 radical (unpaired) electrons. The van der Waals surface area contributed by atoms with Gasteiger partial charge in [0.2, 0.25) is 0 Å². The highest BCUT2D eigenvalue weighted by molar-refractivity contribution is 5.83. The third kappa shape index (κ3) is 3.37. The predicted octanol–water partition coefficient (Wildman–Crippen LogP) is 0.892. The Morgan fingerprint density at radius 3 is 2.16 bits per heavy atom. The summed E-state index contributed by atoms with van der Waals surface area (Å²) < 4.78 is 0. The standard InChI is InChI=1S/C13H22N2O4/c16-10-8-11(12(17)18)15(9-10)13(19)14-6-4-2-1-3-5-7-14/h10-11,16H,1-9H2,(H,17,18). The molecule has 2 amide bonds. The SMILES string of the molecule is O=C(O)C1CC(O)CN1C(=O)N1CCCCCCC1. The van der Waals surface area contributed by atoms with Gasteiger partial charge < -0.3 is 20.0 Å². The molecule has 2 aliphatic heterocycles. The van der Waals surface area contributed by atoms with E-state index < -0.39 is 18.1 Å². The Morgan fingerprint density at radius 1 is 1.00 bits per heavy atom. The molecule has 6 nitrogen and oxygen atoms in total. The molecule has 0 aliphatic carbocycles. The number of nitrogens with zero attached hydrogens (tertiary/aromatic N) is 2. The molecule has 6 heteroatoms. The molecule has 108 valence electrons. The molecule has 0 bridgehead atoms. The Morgan fingerprint density at radius 2 is 1.58 bits per heavy atom. The number of aliphatic hydroxyl groups is 1. The summed E-state index contributed by atoms with van der Waals surface area (Å²) in [5.41, 5.74) is 0. The number of aliphatic carboxylic acids is 1. The number of hydrogen-bond donors (Lipinski definition) is 2. The number of carbonyl (C=O) groups excluding carboxylic acids is 1. The Balaban J connectivity index is 2.02. The van der Waals surface area contributed by atoms with Crippen molar-refractivity contribution in [2.24, 2.45) is 0 Å². The molecule has 2 heterocycles. The lowest BCUT2D eigenvalue weighted by Gasteiger charge is -2.31. The van der Waals surface area contributed by atoms with Gasteiger partial charge in [-0.3, -0.25) is 0 Å². The van der Waals surface area contributed by atoms with Gasteiger partial charge in [0.15, 0.2) is 0 Å². The van der Waals surface area contributed by atoms with Crippen molar-refractivity contribution in [1.29, 1.82) is 0 Å². The number of rotatable bonds is 1. The highest BCUT2D eigenvalue weighted by Crippen LogP contribution is 2.21. The van der Waals surface area contributed by atoms with Crippen LogP contribution in [0.15, 0.2) is 0 Å². The molecule has 0 spiro atoms. The number of hydrogen-bond acceptors (Lipinski definition) is 3. The normalized spacial score (nSPS) is 28.9. The van der Waals surface area contributed by atoms with E-state index in [9.17, 15) is 14.7 Å². The first-order valence-electron chi connectivity index (χ1n) is 7.06. The minimum Gasteiger partial charge on any atom is -0.480 e. The van der Waals surface area contributed by atoms with Crippen LogP contribution in [0.5, 0.6) is 0 Å². The number of β-amino-alcohol motifs (C(OH)–C–C–N with tert-alkyl or cyclic N) is 1. The van der Waals surface area contributed by atoms with E-state index >= 15 is 0 Å². The van der Waals surface area contributed by atoms with Crippen molar-refractivity contribution in [3.05, 3.63) is 0 Å². The first kappa shape index (κ1) is 14.1. The van der Waals surface area contributed by atoms with Crippen LogP contribution in [0, 0.1) is 0 Å². The lowest BCUT2D eigenvalue weighted by Crippen LogP contribution is -2.49. The second kappa shape index (κ2) is 6.23. The van der Waals surface area contributed by atoms with Gasteiger partial charge in [-0.1, -0.05) is 19.3 Å². The number of carbonyl (C=O) groups is 2. The number of aliphatic hydroxyl groups excluding tert-OH is 1. The fraction of sp³-hybridized carbons (Fsp3) is 0.846. The van der Waals surface area contributed by atoms with Gasteiger partial charge in [-0.25, -0.2) is 9.59 Å². The number of carboxylic acids is 1. The zero-order chi connectivity index (χ0) is 13.8. The summed E-state index contributed by atoms with van der Waals surface area (Å²) in [5.74, 6) is -1.03. The molecular formula is C13H22N2O4. The van der Waals surface area contributed by atoms with Gasteiger partial charge in [-0.2, -0.15) is 0 Å². The molecule has 0 aromatic rings. The molecule has 0 aromatic heterocycles. The average Bonchev–Trinajstić information content (AvgIpc) is 2.70. The number of likely N-dealkylation sites (tertiary alicyclic amines) is 2. The highest BCUT2D eigenvalue weighted by Gasteiger charge is 2.40. The molecule has 0 saturated carbocycles. The molecule has 0 aromatic carbocycles. The van der Waals surface area contributed by atoms with Gasteiger partial charge in [-0.05, 0) is 12.8 Å². The van der Waals surface area contributed by atoms with E-state index in [1.807, 2.05) is 0 Å². The first-order valence-corrected chi connectivity index (χ1v) is 7.06.